The minimum atomic E-state index is 0.678. The van der Waals surface area contributed by atoms with Gasteiger partial charge in [0.05, 0.1) is 13.1 Å². The Kier molecular flexibility index (Phi) is 6.12. The van der Waals surface area contributed by atoms with Crippen LogP contribution < -0.4 is 15.5 Å². The van der Waals surface area contributed by atoms with Gasteiger partial charge in [0, 0.05) is 30.2 Å². The molecule has 132 valence electrons. The van der Waals surface area contributed by atoms with Crippen LogP contribution in [0, 0.1) is 6.92 Å². The number of rotatable bonds is 6. The summed E-state index contributed by atoms with van der Waals surface area (Å²) in [5, 5.41) is 8.87. The third-order valence-electron chi connectivity index (χ3n) is 4.27. The monoisotopic (exact) mass is 354 g/mol. The molecule has 25 heavy (non-hydrogen) atoms. The predicted molar refractivity (Wildman–Crippen MR) is 109 cm³/mol. The lowest BCUT2D eigenvalue weighted by Gasteiger charge is -2.17. The predicted octanol–water partition coefficient (Wildman–Crippen LogP) is 3.69. The normalized spacial score (nSPS) is 14.2. The van der Waals surface area contributed by atoms with Crippen LogP contribution in [0.2, 0.25) is 0 Å². The van der Waals surface area contributed by atoms with Gasteiger partial charge in [0.1, 0.15) is 0 Å². The fourth-order valence-corrected chi connectivity index (χ4v) is 3.61. The SMILES string of the molecule is CCNC(=NCc1ccc(N2CC=CC2)cc1)NCc1sccc1C. The lowest BCUT2D eigenvalue weighted by Crippen LogP contribution is -2.36. The highest BCUT2D eigenvalue weighted by molar-refractivity contribution is 7.10. The van der Waals surface area contributed by atoms with E-state index in [0.717, 1.165) is 32.1 Å². The zero-order valence-electron chi connectivity index (χ0n) is 15.0. The highest BCUT2D eigenvalue weighted by Gasteiger charge is 2.07. The lowest BCUT2D eigenvalue weighted by molar-refractivity contribution is 0.821. The van der Waals surface area contributed by atoms with E-state index in [-0.39, 0.29) is 0 Å². The highest BCUT2D eigenvalue weighted by atomic mass is 32.1. The molecule has 0 spiro atoms. The lowest BCUT2D eigenvalue weighted by atomic mass is 10.2. The molecular weight excluding hydrogens is 328 g/mol. The maximum Gasteiger partial charge on any atom is 0.191 e. The number of guanidine groups is 1. The fourth-order valence-electron chi connectivity index (χ4n) is 2.76. The van der Waals surface area contributed by atoms with Crippen molar-refractivity contribution in [3.05, 3.63) is 63.9 Å². The van der Waals surface area contributed by atoms with Crippen LogP contribution in [0.25, 0.3) is 0 Å². The molecule has 0 fully saturated rings. The summed E-state index contributed by atoms with van der Waals surface area (Å²) in [4.78, 5) is 8.42. The minimum absolute atomic E-state index is 0.678. The van der Waals surface area contributed by atoms with Gasteiger partial charge in [-0.2, -0.15) is 0 Å². The first kappa shape index (κ1) is 17.5. The van der Waals surface area contributed by atoms with Gasteiger partial charge in [-0.1, -0.05) is 24.3 Å². The van der Waals surface area contributed by atoms with Crippen LogP contribution in [0.3, 0.4) is 0 Å². The van der Waals surface area contributed by atoms with E-state index in [1.165, 1.54) is 21.7 Å². The molecule has 0 saturated carbocycles. The molecule has 1 aromatic carbocycles. The van der Waals surface area contributed by atoms with Gasteiger partial charge in [0.2, 0.25) is 0 Å². The summed E-state index contributed by atoms with van der Waals surface area (Å²) in [6.45, 7) is 8.60. The van der Waals surface area contributed by atoms with E-state index in [1.807, 2.05) is 0 Å². The van der Waals surface area contributed by atoms with E-state index in [4.69, 9.17) is 4.99 Å². The highest BCUT2D eigenvalue weighted by Crippen LogP contribution is 2.18. The Morgan fingerprint density at radius 3 is 2.52 bits per heavy atom. The molecule has 1 aliphatic rings. The summed E-state index contributed by atoms with van der Waals surface area (Å²) in [7, 11) is 0. The van der Waals surface area contributed by atoms with Crippen molar-refractivity contribution < 1.29 is 0 Å². The Labute approximate surface area is 154 Å². The standard InChI is InChI=1S/C20H26N4S/c1-3-21-20(23-15-19-16(2)10-13-25-19)22-14-17-6-8-18(9-7-17)24-11-4-5-12-24/h4-10,13H,3,11-12,14-15H2,1-2H3,(H2,21,22,23). The van der Waals surface area contributed by atoms with Crippen molar-refractivity contribution in [3.8, 4) is 0 Å². The topological polar surface area (TPSA) is 39.7 Å². The largest absolute Gasteiger partial charge is 0.364 e. The van der Waals surface area contributed by atoms with E-state index in [9.17, 15) is 0 Å². The summed E-state index contributed by atoms with van der Waals surface area (Å²) in [6, 6.07) is 10.9. The maximum atomic E-state index is 4.71. The van der Waals surface area contributed by atoms with Gasteiger partial charge in [0.25, 0.3) is 0 Å². The second-order valence-corrected chi connectivity index (χ2v) is 7.12. The molecule has 4 nitrogen and oxygen atoms in total. The Morgan fingerprint density at radius 2 is 1.88 bits per heavy atom. The Balaban J connectivity index is 1.57. The first-order chi connectivity index (χ1) is 12.3. The fraction of sp³-hybridized carbons (Fsp3) is 0.350. The molecule has 0 unspecified atom stereocenters. The van der Waals surface area contributed by atoms with Crippen molar-refractivity contribution in [1.29, 1.82) is 0 Å². The number of aliphatic imine (C=N–C) groups is 1. The third-order valence-corrected chi connectivity index (χ3v) is 5.29. The first-order valence-electron chi connectivity index (χ1n) is 8.80. The molecule has 0 aliphatic carbocycles. The Hall–Kier alpha value is -2.27. The molecule has 3 rings (SSSR count). The number of nitrogens with one attached hydrogen (secondary N) is 2. The number of anilines is 1. The average molecular weight is 355 g/mol. The molecule has 2 heterocycles. The molecule has 0 saturated heterocycles. The van der Waals surface area contributed by atoms with Gasteiger partial charge in [-0.25, -0.2) is 4.99 Å². The van der Waals surface area contributed by atoms with Crippen molar-refractivity contribution in [3.63, 3.8) is 0 Å². The Bertz CT molecular complexity index is 722. The summed E-state index contributed by atoms with van der Waals surface area (Å²) >= 11 is 1.78. The number of hydrogen-bond acceptors (Lipinski definition) is 3. The van der Waals surface area contributed by atoms with Crippen molar-refractivity contribution in [1.82, 2.24) is 10.6 Å². The summed E-state index contributed by atoms with van der Waals surface area (Å²) < 4.78 is 0. The number of benzene rings is 1. The maximum absolute atomic E-state index is 4.71. The zero-order valence-corrected chi connectivity index (χ0v) is 15.8. The van der Waals surface area contributed by atoms with Crippen molar-refractivity contribution in [2.45, 2.75) is 26.9 Å². The summed E-state index contributed by atoms with van der Waals surface area (Å²) in [5.74, 6) is 0.864. The second kappa shape index (κ2) is 8.72. The third kappa shape index (κ3) is 4.86. The van der Waals surface area contributed by atoms with Gasteiger partial charge in [-0.15, -0.1) is 11.3 Å². The molecule has 0 bridgehead atoms. The molecule has 0 atom stereocenters. The van der Waals surface area contributed by atoms with Crippen molar-refractivity contribution in [2.24, 2.45) is 4.99 Å². The van der Waals surface area contributed by atoms with E-state index in [1.54, 1.807) is 11.3 Å². The quantitative estimate of drug-likeness (QED) is 0.472. The van der Waals surface area contributed by atoms with E-state index >= 15 is 0 Å². The minimum Gasteiger partial charge on any atom is -0.364 e. The van der Waals surface area contributed by atoms with Gasteiger partial charge < -0.3 is 15.5 Å². The van der Waals surface area contributed by atoms with Crippen LogP contribution in [-0.2, 0) is 13.1 Å². The van der Waals surface area contributed by atoms with Crippen LogP contribution in [0.5, 0.6) is 0 Å². The zero-order chi connectivity index (χ0) is 17.5. The molecule has 0 radical (unpaired) electrons. The van der Waals surface area contributed by atoms with Crippen LogP contribution in [0.1, 0.15) is 22.9 Å². The van der Waals surface area contributed by atoms with Gasteiger partial charge >= 0.3 is 0 Å². The number of thiophene rings is 1. The number of aryl methyl sites for hydroxylation is 1. The molecule has 2 aromatic rings. The smallest absolute Gasteiger partial charge is 0.191 e. The van der Waals surface area contributed by atoms with E-state index < -0.39 is 0 Å². The number of hydrogen-bond donors (Lipinski definition) is 2. The molecule has 1 aliphatic heterocycles. The van der Waals surface area contributed by atoms with E-state index in [2.05, 4.69) is 77.2 Å². The van der Waals surface area contributed by atoms with Crippen molar-refractivity contribution in [2.75, 3.05) is 24.5 Å². The van der Waals surface area contributed by atoms with Gasteiger partial charge in [-0.05, 0) is 48.6 Å². The number of nitrogens with zero attached hydrogens (tertiary/aromatic N) is 2. The van der Waals surface area contributed by atoms with Crippen LogP contribution in [-0.4, -0.2) is 25.6 Å². The van der Waals surface area contributed by atoms with Crippen LogP contribution in [0.4, 0.5) is 5.69 Å². The second-order valence-electron chi connectivity index (χ2n) is 6.12. The van der Waals surface area contributed by atoms with Crippen LogP contribution >= 0.6 is 11.3 Å². The van der Waals surface area contributed by atoms with Gasteiger partial charge in [-0.3, -0.25) is 0 Å². The van der Waals surface area contributed by atoms with Gasteiger partial charge in [0.15, 0.2) is 5.96 Å². The summed E-state index contributed by atoms with van der Waals surface area (Å²) in [5.41, 5.74) is 3.83. The van der Waals surface area contributed by atoms with Crippen molar-refractivity contribution >= 4 is 23.0 Å². The molecule has 2 N–H and O–H groups in total. The molecule has 5 heteroatoms. The molecular formula is C20H26N4S. The van der Waals surface area contributed by atoms with Crippen LogP contribution in [0.15, 0.2) is 52.9 Å². The summed E-state index contributed by atoms with van der Waals surface area (Å²) in [6.07, 6.45) is 4.42. The Morgan fingerprint density at radius 1 is 1.12 bits per heavy atom. The first-order valence-corrected chi connectivity index (χ1v) is 9.68. The molecule has 0 amide bonds. The molecule has 1 aromatic heterocycles. The van der Waals surface area contributed by atoms with E-state index in [0.29, 0.717) is 6.54 Å². The average Bonchev–Trinajstić information content (AvgIpc) is 3.30.